The number of hydrogen-bond acceptors (Lipinski definition) is 5. The summed E-state index contributed by atoms with van der Waals surface area (Å²) in [6.45, 7) is 5.46. The van der Waals surface area contributed by atoms with Gasteiger partial charge in [0.2, 0.25) is 0 Å². The molecule has 1 aromatic rings. The molecule has 0 spiro atoms. The standard InChI is InChI=1S/C16H22N2O5/c1-10(2)14(15(20)18-16(17)21)23-13(19)7-8-22-12-6-4-5-11(3)9-12/h4-6,9-10,14H,7-8H2,1-3H3,(H3,17,18,20,21)/t14-/m1/s1. The number of urea groups is 1. The number of nitrogens with one attached hydrogen (secondary N) is 1. The van der Waals surface area contributed by atoms with E-state index in [-0.39, 0.29) is 18.9 Å². The lowest BCUT2D eigenvalue weighted by atomic mass is 10.1. The topological polar surface area (TPSA) is 108 Å². The van der Waals surface area contributed by atoms with E-state index >= 15 is 0 Å². The number of ether oxygens (including phenoxy) is 2. The molecule has 0 aromatic heterocycles. The van der Waals surface area contributed by atoms with Crippen LogP contribution >= 0.6 is 0 Å². The minimum Gasteiger partial charge on any atom is -0.493 e. The van der Waals surface area contributed by atoms with Crippen LogP contribution in [0, 0.1) is 12.8 Å². The van der Waals surface area contributed by atoms with Crippen molar-refractivity contribution in [2.24, 2.45) is 11.7 Å². The van der Waals surface area contributed by atoms with Crippen molar-refractivity contribution in [3.8, 4) is 5.75 Å². The van der Waals surface area contributed by atoms with Crippen LogP contribution in [0.2, 0.25) is 0 Å². The normalized spacial score (nSPS) is 11.7. The highest BCUT2D eigenvalue weighted by Crippen LogP contribution is 2.13. The first kappa shape index (κ1) is 18.5. The molecule has 0 aliphatic rings. The average Bonchev–Trinajstić information content (AvgIpc) is 2.43. The van der Waals surface area contributed by atoms with Crippen LogP contribution in [0.15, 0.2) is 24.3 Å². The van der Waals surface area contributed by atoms with Crippen molar-refractivity contribution in [1.82, 2.24) is 5.32 Å². The van der Waals surface area contributed by atoms with E-state index in [2.05, 4.69) is 0 Å². The maximum atomic E-state index is 11.8. The molecule has 0 heterocycles. The first-order valence-electron chi connectivity index (χ1n) is 7.29. The largest absolute Gasteiger partial charge is 0.493 e. The summed E-state index contributed by atoms with van der Waals surface area (Å²) in [7, 11) is 0. The highest BCUT2D eigenvalue weighted by molar-refractivity contribution is 5.96. The molecule has 23 heavy (non-hydrogen) atoms. The zero-order valence-corrected chi connectivity index (χ0v) is 13.5. The van der Waals surface area contributed by atoms with Gasteiger partial charge in [0, 0.05) is 0 Å². The van der Waals surface area contributed by atoms with Crippen LogP contribution in [-0.2, 0) is 14.3 Å². The molecule has 0 aliphatic carbocycles. The van der Waals surface area contributed by atoms with Crippen molar-refractivity contribution in [1.29, 1.82) is 0 Å². The Morgan fingerprint density at radius 1 is 1.26 bits per heavy atom. The highest BCUT2D eigenvalue weighted by Gasteiger charge is 2.27. The Balaban J connectivity index is 2.46. The van der Waals surface area contributed by atoms with Crippen molar-refractivity contribution >= 4 is 17.9 Å². The molecule has 7 nitrogen and oxygen atoms in total. The van der Waals surface area contributed by atoms with Crippen molar-refractivity contribution in [2.75, 3.05) is 6.61 Å². The number of amides is 3. The summed E-state index contributed by atoms with van der Waals surface area (Å²) in [4.78, 5) is 34.3. The monoisotopic (exact) mass is 322 g/mol. The maximum Gasteiger partial charge on any atom is 0.318 e. The van der Waals surface area contributed by atoms with Crippen LogP contribution in [0.1, 0.15) is 25.8 Å². The lowest BCUT2D eigenvalue weighted by Crippen LogP contribution is -2.45. The average molecular weight is 322 g/mol. The molecule has 0 radical (unpaired) electrons. The SMILES string of the molecule is Cc1cccc(OCCC(=O)O[C@@H](C(=O)NC(N)=O)C(C)C)c1. The second-order valence-corrected chi connectivity index (χ2v) is 5.42. The van der Waals surface area contributed by atoms with Crippen molar-refractivity contribution in [3.05, 3.63) is 29.8 Å². The quantitative estimate of drug-likeness (QED) is 0.740. The van der Waals surface area contributed by atoms with Crippen LogP contribution in [-0.4, -0.2) is 30.6 Å². The van der Waals surface area contributed by atoms with Crippen LogP contribution < -0.4 is 15.8 Å². The third-order valence-electron chi connectivity index (χ3n) is 2.93. The Labute approximate surface area is 135 Å². The maximum absolute atomic E-state index is 11.8. The zero-order chi connectivity index (χ0) is 17.4. The smallest absolute Gasteiger partial charge is 0.318 e. The van der Waals surface area contributed by atoms with Crippen molar-refractivity contribution in [3.63, 3.8) is 0 Å². The van der Waals surface area contributed by atoms with Gasteiger partial charge in [-0.3, -0.25) is 14.9 Å². The van der Waals surface area contributed by atoms with Crippen molar-refractivity contribution in [2.45, 2.75) is 33.3 Å². The molecule has 0 bridgehead atoms. The molecule has 1 atom stereocenters. The van der Waals surface area contributed by atoms with Crippen molar-refractivity contribution < 1.29 is 23.9 Å². The van der Waals surface area contributed by atoms with Crippen LogP contribution in [0.4, 0.5) is 4.79 Å². The van der Waals surface area contributed by atoms with Gasteiger partial charge in [-0.05, 0) is 30.5 Å². The second-order valence-electron chi connectivity index (χ2n) is 5.42. The molecule has 1 rings (SSSR count). The van der Waals surface area contributed by atoms with E-state index in [1.807, 2.05) is 30.4 Å². The first-order chi connectivity index (χ1) is 10.8. The predicted octanol–water partition coefficient (Wildman–Crippen LogP) is 1.53. The van der Waals surface area contributed by atoms with E-state index in [0.717, 1.165) is 5.56 Å². The fourth-order valence-corrected chi connectivity index (χ4v) is 1.84. The van der Waals surface area contributed by atoms with E-state index in [0.29, 0.717) is 5.75 Å². The lowest BCUT2D eigenvalue weighted by Gasteiger charge is -2.19. The number of carbonyl (C=O) groups excluding carboxylic acids is 3. The number of hydrogen-bond donors (Lipinski definition) is 2. The molecule has 7 heteroatoms. The summed E-state index contributed by atoms with van der Waals surface area (Å²) in [6.07, 6.45) is -1.09. The first-order valence-corrected chi connectivity index (χ1v) is 7.29. The highest BCUT2D eigenvalue weighted by atomic mass is 16.6. The Morgan fingerprint density at radius 2 is 1.96 bits per heavy atom. The van der Waals surface area contributed by atoms with Gasteiger partial charge >= 0.3 is 12.0 Å². The second kappa shape index (κ2) is 8.77. The number of rotatable bonds is 7. The lowest BCUT2D eigenvalue weighted by molar-refractivity contribution is -0.158. The number of benzene rings is 1. The molecule has 126 valence electrons. The van der Waals surface area contributed by atoms with Gasteiger partial charge in [-0.2, -0.15) is 0 Å². The summed E-state index contributed by atoms with van der Waals surface area (Å²) >= 11 is 0. The van der Waals surface area contributed by atoms with Gasteiger partial charge < -0.3 is 15.2 Å². The molecule has 3 amide bonds. The number of aryl methyl sites for hydroxylation is 1. The Bertz CT molecular complexity index is 571. The van der Waals surface area contributed by atoms with Gasteiger partial charge in [0.1, 0.15) is 5.75 Å². The van der Waals surface area contributed by atoms with E-state index in [9.17, 15) is 14.4 Å². The number of carbonyl (C=O) groups is 3. The molecule has 0 unspecified atom stereocenters. The molecule has 1 aromatic carbocycles. The summed E-state index contributed by atoms with van der Waals surface area (Å²) in [5, 5.41) is 1.91. The van der Waals surface area contributed by atoms with Gasteiger partial charge in [-0.1, -0.05) is 26.0 Å². The van der Waals surface area contributed by atoms with E-state index < -0.39 is 24.0 Å². The Kier molecular flexibility index (Phi) is 7.05. The molecule has 3 N–H and O–H groups in total. The molecular weight excluding hydrogens is 300 g/mol. The Morgan fingerprint density at radius 3 is 2.52 bits per heavy atom. The number of imide groups is 1. The zero-order valence-electron chi connectivity index (χ0n) is 13.5. The van der Waals surface area contributed by atoms with Gasteiger partial charge in [0.05, 0.1) is 13.0 Å². The number of esters is 1. The van der Waals surface area contributed by atoms with E-state index in [1.165, 1.54) is 0 Å². The summed E-state index contributed by atoms with van der Waals surface area (Å²) in [6, 6.07) is 6.44. The predicted molar refractivity (Wildman–Crippen MR) is 83.7 cm³/mol. The number of primary amides is 1. The third kappa shape index (κ3) is 6.82. The molecule has 0 fully saturated rings. The molecule has 0 aliphatic heterocycles. The summed E-state index contributed by atoms with van der Waals surface area (Å²) < 4.78 is 10.5. The third-order valence-corrected chi connectivity index (χ3v) is 2.93. The van der Waals surface area contributed by atoms with Gasteiger partial charge in [0.15, 0.2) is 6.10 Å². The van der Waals surface area contributed by atoms with E-state index in [4.69, 9.17) is 15.2 Å². The van der Waals surface area contributed by atoms with Crippen LogP contribution in [0.3, 0.4) is 0 Å². The Hall–Kier alpha value is -2.57. The fourth-order valence-electron chi connectivity index (χ4n) is 1.84. The number of nitrogens with two attached hydrogens (primary N) is 1. The van der Waals surface area contributed by atoms with Gasteiger partial charge in [-0.15, -0.1) is 0 Å². The fraction of sp³-hybridized carbons (Fsp3) is 0.438. The minimum atomic E-state index is -1.08. The summed E-state index contributed by atoms with van der Waals surface area (Å²) in [5.74, 6) is -0.961. The van der Waals surface area contributed by atoms with Gasteiger partial charge in [0.25, 0.3) is 5.91 Å². The van der Waals surface area contributed by atoms with E-state index in [1.54, 1.807) is 19.9 Å². The molecular formula is C16H22N2O5. The summed E-state index contributed by atoms with van der Waals surface area (Å²) in [5.41, 5.74) is 5.94. The van der Waals surface area contributed by atoms with Crippen LogP contribution in [0.5, 0.6) is 5.75 Å². The van der Waals surface area contributed by atoms with Gasteiger partial charge in [-0.25, -0.2) is 4.79 Å². The molecule has 0 saturated heterocycles. The minimum absolute atomic E-state index is 0.0129. The van der Waals surface area contributed by atoms with Crippen LogP contribution in [0.25, 0.3) is 0 Å². The molecule has 0 saturated carbocycles.